The standard InChI is InChI=1S/C10H13N3/c1-12-6-8-13(9-7-12)10-4-2-3-5-11-10/h1-5H,6-9H2. The Morgan fingerprint density at radius 2 is 1.92 bits per heavy atom. The topological polar surface area (TPSA) is 19.4 Å². The molecule has 1 aliphatic rings. The second kappa shape index (κ2) is 3.75. The van der Waals surface area contributed by atoms with E-state index in [2.05, 4.69) is 9.88 Å². The quantitative estimate of drug-likeness (QED) is 0.631. The van der Waals surface area contributed by atoms with Crippen molar-refractivity contribution < 1.29 is 0 Å². The number of rotatable bonds is 1. The molecule has 3 heteroatoms. The van der Waals surface area contributed by atoms with E-state index in [4.69, 9.17) is 7.05 Å². The zero-order valence-electron chi connectivity index (χ0n) is 7.56. The molecule has 0 saturated carbocycles. The molecule has 2 rings (SSSR count). The lowest BCUT2D eigenvalue weighted by atomic mass is 10.3. The molecule has 1 saturated heterocycles. The van der Waals surface area contributed by atoms with Crippen molar-refractivity contribution in [2.45, 2.75) is 0 Å². The summed E-state index contributed by atoms with van der Waals surface area (Å²) in [7, 11) is 5.66. The van der Waals surface area contributed by atoms with Gasteiger partial charge in [-0.15, -0.1) is 0 Å². The molecule has 0 aliphatic carbocycles. The molecular weight excluding hydrogens is 162 g/mol. The average molecular weight is 175 g/mol. The van der Waals surface area contributed by atoms with Crippen LogP contribution in [-0.2, 0) is 0 Å². The molecule has 1 fully saturated rings. The Bertz CT molecular complexity index is 252. The van der Waals surface area contributed by atoms with Crippen molar-refractivity contribution in [2.75, 3.05) is 31.1 Å². The van der Waals surface area contributed by atoms with Crippen LogP contribution in [0.1, 0.15) is 0 Å². The first-order valence-electron chi connectivity index (χ1n) is 4.52. The van der Waals surface area contributed by atoms with Crippen molar-refractivity contribution in [2.24, 2.45) is 0 Å². The maximum Gasteiger partial charge on any atom is 0.128 e. The Balaban J connectivity index is 2.03. The van der Waals surface area contributed by atoms with Crippen LogP contribution >= 0.6 is 0 Å². The van der Waals surface area contributed by atoms with Gasteiger partial charge in [-0.2, -0.15) is 0 Å². The summed E-state index contributed by atoms with van der Waals surface area (Å²) in [6.07, 6.45) is 1.82. The molecule has 13 heavy (non-hydrogen) atoms. The highest BCUT2D eigenvalue weighted by atomic mass is 15.3. The number of hydrogen-bond acceptors (Lipinski definition) is 3. The van der Waals surface area contributed by atoms with Gasteiger partial charge in [0, 0.05) is 39.4 Å². The molecule has 0 aromatic carbocycles. The van der Waals surface area contributed by atoms with Crippen LogP contribution < -0.4 is 4.90 Å². The summed E-state index contributed by atoms with van der Waals surface area (Å²) in [5.41, 5.74) is 0. The van der Waals surface area contributed by atoms with Crippen molar-refractivity contribution in [1.29, 1.82) is 0 Å². The summed E-state index contributed by atoms with van der Waals surface area (Å²) in [6, 6.07) is 5.98. The second-order valence-corrected chi connectivity index (χ2v) is 3.21. The van der Waals surface area contributed by atoms with Crippen molar-refractivity contribution in [3.8, 4) is 0 Å². The van der Waals surface area contributed by atoms with Crippen LogP contribution in [0.3, 0.4) is 0 Å². The first-order valence-corrected chi connectivity index (χ1v) is 4.52. The van der Waals surface area contributed by atoms with Gasteiger partial charge in [0.1, 0.15) is 5.82 Å². The minimum Gasteiger partial charge on any atom is -0.354 e. The van der Waals surface area contributed by atoms with Gasteiger partial charge in [-0.05, 0) is 12.1 Å². The van der Waals surface area contributed by atoms with Gasteiger partial charge >= 0.3 is 0 Å². The molecule has 0 N–H and O–H groups in total. The number of pyridine rings is 1. The average Bonchev–Trinajstić information content (AvgIpc) is 2.20. The van der Waals surface area contributed by atoms with E-state index in [1.165, 1.54) is 0 Å². The van der Waals surface area contributed by atoms with Crippen LogP contribution in [-0.4, -0.2) is 36.1 Å². The third kappa shape index (κ3) is 1.98. The number of aromatic nitrogens is 1. The first kappa shape index (κ1) is 8.51. The monoisotopic (exact) mass is 175 g/mol. The van der Waals surface area contributed by atoms with Crippen LogP contribution in [0.4, 0.5) is 5.82 Å². The van der Waals surface area contributed by atoms with Gasteiger partial charge < -0.3 is 4.90 Å². The van der Waals surface area contributed by atoms with Gasteiger partial charge in [0.15, 0.2) is 0 Å². The van der Waals surface area contributed by atoms with Gasteiger partial charge in [-0.1, -0.05) is 6.07 Å². The van der Waals surface area contributed by atoms with E-state index in [9.17, 15) is 0 Å². The van der Waals surface area contributed by atoms with Gasteiger partial charge in [-0.25, -0.2) is 4.98 Å². The Labute approximate surface area is 79.0 Å². The SMILES string of the molecule is [CH]N1CCN(c2ccccn2)CC1. The van der Waals surface area contributed by atoms with E-state index in [-0.39, 0.29) is 0 Å². The molecule has 0 bridgehead atoms. The van der Waals surface area contributed by atoms with E-state index in [1.54, 1.807) is 0 Å². The number of anilines is 1. The molecule has 2 heterocycles. The number of nitrogens with zero attached hydrogens (tertiary/aromatic N) is 3. The van der Waals surface area contributed by atoms with Gasteiger partial charge in [0.2, 0.25) is 0 Å². The summed E-state index contributed by atoms with van der Waals surface area (Å²) in [6.45, 7) is 3.76. The summed E-state index contributed by atoms with van der Waals surface area (Å²) >= 11 is 0. The molecule has 1 aliphatic heterocycles. The zero-order valence-corrected chi connectivity index (χ0v) is 7.56. The van der Waals surface area contributed by atoms with E-state index in [0.717, 1.165) is 32.0 Å². The Morgan fingerprint density at radius 3 is 2.54 bits per heavy atom. The Morgan fingerprint density at radius 1 is 1.15 bits per heavy atom. The van der Waals surface area contributed by atoms with E-state index < -0.39 is 0 Å². The van der Waals surface area contributed by atoms with E-state index in [1.807, 2.05) is 29.3 Å². The second-order valence-electron chi connectivity index (χ2n) is 3.21. The normalized spacial score (nSPS) is 19.0. The summed E-state index contributed by atoms with van der Waals surface area (Å²) in [5.74, 6) is 1.05. The zero-order chi connectivity index (χ0) is 9.10. The van der Waals surface area contributed by atoms with Crippen molar-refractivity contribution in [1.82, 2.24) is 9.88 Å². The Kier molecular flexibility index (Phi) is 2.45. The lowest BCUT2D eigenvalue weighted by Gasteiger charge is -2.32. The van der Waals surface area contributed by atoms with Crippen molar-refractivity contribution >= 4 is 5.82 Å². The van der Waals surface area contributed by atoms with Crippen molar-refractivity contribution in [3.05, 3.63) is 31.4 Å². The molecule has 68 valence electrons. The summed E-state index contributed by atoms with van der Waals surface area (Å²) in [4.78, 5) is 8.39. The molecular formula is C10H13N3. The minimum absolute atomic E-state index is 0.913. The fraction of sp³-hybridized carbons (Fsp3) is 0.400. The smallest absolute Gasteiger partial charge is 0.128 e. The highest BCUT2D eigenvalue weighted by molar-refractivity contribution is 5.38. The number of piperazine rings is 1. The summed E-state index contributed by atoms with van der Waals surface area (Å²) < 4.78 is 0. The van der Waals surface area contributed by atoms with Gasteiger partial charge in [0.05, 0.1) is 0 Å². The minimum atomic E-state index is 0.913. The van der Waals surface area contributed by atoms with Crippen LogP contribution in [0.5, 0.6) is 0 Å². The Hall–Kier alpha value is -1.09. The highest BCUT2D eigenvalue weighted by Gasteiger charge is 2.14. The predicted molar refractivity (Wildman–Crippen MR) is 52.3 cm³/mol. The third-order valence-corrected chi connectivity index (χ3v) is 2.29. The van der Waals surface area contributed by atoms with Gasteiger partial charge in [0.25, 0.3) is 0 Å². The summed E-state index contributed by atoms with van der Waals surface area (Å²) in [5, 5.41) is 0. The molecule has 0 unspecified atom stereocenters. The third-order valence-electron chi connectivity index (χ3n) is 2.29. The molecule has 3 nitrogen and oxygen atoms in total. The lowest BCUT2D eigenvalue weighted by molar-refractivity contribution is 0.343. The molecule has 1 aromatic heterocycles. The molecule has 0 amide bonds. The van der Waals surface area contributed by atoms with E-state index in [0.29, 0.717) is 0 Å². The van der Waals surface area contributed by atoms with E-state index >= 15 is 0 Å². The maximum absolute atomic E-state index is 5.66. The van der Waals surface area contributed by atoms with Crippen LogP contribution in [0.25, 0.3) is 0 Å². The fourth-order valence-corrected chi connectivity index (χ4v) is 1.49. The fourth-order valence-electron chi connectivity index (χ4n) is 1.49. The largest absolute Gasteiger partial charge is 0.354 e. The number of hydrogen-bond donors (Lipinski definition) is 0. The predicted octanol–water partition coefficient (Wildman–Crippen LogP) is 0.872. The highest BCUT2D eigenvalue weighted by Crippen LogP contribution is 2.11. The maximum atomic E-state index is 5.66. The molecule has 0 spiro atoms. The lowest BCUT2D eigenvalue weighted by Crippen LogP contribution is -2.43. The van der Waals surface area contributed by atoms with Gasteiger partial charge in [-0.3, -0.25) is 4.90 Å². The van der Waals surface area contributed by atoms with Crippen LogP contribution in [0.15, 0.2) is 24.4 Å². The first-order chi connectivity index (χ1) is 6.36. The molecule has 1 aromatic rings. The van der Waals surface area contributed by atoms with Crippen LogP contribution in [0, 0.1) is 7.05 Å². The molecule has 2 radical (unpaired) electrons. The van der Waals surface area contributed by atoms with Crippen molar-refractivity contribution in [3.63, 3.8) is 0 Å². The molecule has 0 atom stereocenters. The van der Waals surface area contributed by atoms with Crippen LogP contribution in [0.2, 0.25) is 0 Å².